The first kappa shape index (κ1) is 14.8. The highest BCUT2D eigenvalue weighted by atomic mass is 16.2. The lowest BCUT2D eigenvalue weighted by atomic mass is 10.1. The number of para-hydroxylation sites is 1. The van der Waals surface area contributed by atoms with E-state index in [-0.39, 0.29) is 11.6 Å². The van der Waals surface area contributed by atoms with Gasteiger partial charge in [-0.05, 0) is 25.1 Å². The predicted octanol–water partition coefficient (Wildman–Crippen LogP) is 2.28. The second-order valence-corrected chi connectivity index (χ2v) is 4.97. The minimum atomic E-state index is -0.282. The van der Waals surface area contributed by atoms with Crippen LogP contribution in [-0.2, 0) is 0 Å². The first-order valence-electron chi connectivity index (χ1n) is 7.30. The molecule has 0 fully saturated rings. The molecule has 3 rings (SSSR count). The van der Waals surface area contributed by atoms with E-state index >= 15 is 0 Å². The molecule has 0 aliphatic heterocycles. The fourth-order valence-electron chi connectivity index (χ4n) is 2.26. The topological polar surface area (TPSA) is 68.9 Å². The largest absolute Gasteiger partial charge is 0.342 e. The minimum absolute atomic E-state index is 0.115. The Morgan fingerprint density at radius 1 is 1.09 bits per heavy atom. The maximum atomic E-state index is 12.1. The third kappa shape index (κ3) is 3.06. The van der Waals surface area contributed by atoms with Crippen molar-refractivity contribution in [1.82, 2.24) is 19.7 Å². The van der Waals surface area contributed by atoms with E-state index in [0.29, 0.717) is 6.54 Å². The van der Waals surface area contributed by atoms with Crippen LogP contribution in [0.5, 0.6) is 0 Å². The summed E-state index contributed by atoms with van der Waals surface area (Å²) in [6.45, 7) is 2.38. The van der Waals surface area contributed by atoms with Crippen LogP contribution >= 0.6 is 0 Å². The van der Waals surface area contributed by atoms with Crippen molar-refractivity contribution in [3.63, 3.8) is 0 Å². The van der Waals surface area contributed by atoms with Crippen LogP contribution in [0.15, 0.2) is 65.8 Å². The van der Waals surface area contributed by atoms with Gasteiger partial charge >= 0.3 is 6.03 Å². The van der Waals surface area contributed by atoms with Crippen LogP contribution < -0.4 is 10.9 Å². The molecular weight excluding hydrogens is 292 g/mol. The second-order valence-electron chi connectivity index (χ2n) is 4.97. The molecule has 0 bridgehead atoms. The van der Waals surface area contributed by atoms with Crippen molar-refractivity contribution in [3.8, 4) is 16.8 Å². The van der Waals surface area contributed by atoms with Gasteiger partial charge in [-0.1, -0.05) is 18.2 Å². The molecule has 0 spiro atoms. The average molecular weight is 308 g/mol. The molecule has 6 heteroatoms. The summed E-state index contributed by atoms with van der Waals surface area (Å²) in [6, 6.07) is 12.3. The number of hydrogen-bond donors (Lipinski definition) is 1. The number of carbonyl (C=O) groups excluding carboxylic acids is 1. The molecule has 2 heterocycles. The molecule has 1 aromatic carbocycles. The standard InChI is InChI=1S/C17H16N4O2/c1-2-18-17(23)21-12-14(10-19-21)13-8-9-16(22)20(11-13)15-6-4-3-5-7-15/h3-12H,2H2,1H3,(H,18,23). The number of pyridine rings is 1. The fourth-order valence-corrected chi connectivity index (χ4v) is 2.26. The molecule has 23 heavy (non-hydrogen) atoms. The number of nitrogens with one attached hydrogen (secondary N) is 1. The van der Waals surface area contributed by atoms with E-state index in [9.17, 15) is 9.59 Å². The van der Waals surface area contributed by atoms with E-state index in [4.69, 9.17) is 0 Å². The Balaban J connectivity index is 1.99. The molecule has 2 aromatic heterocycles. The zero-order chi connectivity index (χ0) is 16.2. The summed E-state index contributed by atoms with van der Waals surface area (Å²) in [5.74, 6) is 0. The van der Waals surface area contributed by atoms with Crippen LogP contribution in [0.4, 0.5) is 4.79 Å². The van der Waals surface area contributed by atoms with Gasteiger partial charge in [0.1, 0.15) is 0 Å². The summed E-state index contributed by atoms with van der Waals surface area (Å²) in [4.78, 5) is 23.8. The number of rotatable bonds is 3. The highest BCUT2D eigenvalue weighted by molar-refractivity contribution is 5.77. The molecule has 0 unspecified atom stereocenters. The third-order valence-corrected chi connectivity index (χ3v) is 3.40. The van der Waals surface area contributed by atoms with Crippen LogP contribution in [0.3, 0.4) is 0 Å². The minimum Gasteiger partial charge on any atom is -0.336 e. The first-order chi connectivity index (χ1) is 11.2. The monoisotopic (exact) mass is 308 g/mol. The number of benzene rings is 1. The molecule has 6 nitrogen and oxygen atoms in total. The van der Waals surface area contributed by atoms with Crippen molar-refractivity contribution in [1.29, 1.82) is 0 Å². The number of amides is 1. The van der Waals surface area contributed by atoms with Crippen molar-refractivity contribution < 1.29 is 4.79 Å². The van der Waals surface area contributed by atoms with Gasteiger partial charge in [0.2, 0.25) is 0 Å². The Hall–Kier alpha value is -3.15. The zero-order valence-electron chi connectivity index (χ0n) is 12.6. The summed E-state index contributed by atoms with van der Waals surface area (Å²) in [5, 5.41) is 6.73. The maximum Gasteiger partial charge on any atom is 0.342 e. The van der Waals surface area contributed by atoms with E-state index in [1.807, 2.05) is 37.3 Å². The van der Waals surface area contributed by atoms with E-state index in [1.54, 1.807) is 29.2 Å². The van der Waals surface area contributed by atoms with Gasteiger partial charge in [-0.15, -0.1) is 0 Å². The summed E-state index contributed by atoms with van der Waals surface area (Å²) in [7, 11) is 0. The molecule has 0 saturated heterocycles. The van der Waals surface area contributed by atoms with E-state index in [2.05, 4.69) is 10.4 Å². The molecule has 116 valence electrons. The Bertz CT molecular complexity index is 881. The van der Waals surface area contributed by atoms with Gasteiger partial charge in [0, 0.05) is 41.8 Å². The van der Waals surface area contributed by atoms with Gasteiger partial charge < -0.3 is 5.32 Å². The van der Waals surface area contributed by atoms with Gasteiger partial charge in [-0.2, -0.15) is 9.78 Å². The fraction of sp³-hybridized carbons (Fsp3) is 0.118. The molecular formula is C17H16N4O2. The van der Waals surface area contributed by atoms with Crippen molar-refractivity contribution in [3.05, 3.63) is 71.4 Å². The number of nitrogens with zero attached hydrogens (tertiary/aromatic N) is 3. The van der Waals surface area contributed by atoms with Crippen LogP contribution in [0.25, 0.3) is 16.8 Å². The number of carbonyl (C=O) groups is 1. The van der Waals surface area contributed by atoms with Crippen LogP contribution in [0.2, 0.25) is 0 Å². The van der Waals surface area contributed by atoms with Gasteiger partial charge in [0.15, 0.2) is 0 Å². The predicted molar refractivity (Wildman–Crippen MR) is 87.7 cm³/mol. The Morgan fingerprint density at radius 2 is 1.87 bits per heavy atom. The SMILES string of the molecule is CCNC(=O)n1cc(-c2ccc(=O)n(-c3ccccc3)c2)cn1. The molecule has 1 amide bonds. The second kappa shape index (κ2) is 6.31. The van der Waals surface area contributed by atoms with E-state index in [0.717, 1.165) is 16.8 Å². The maximum absolute atomic E-state index is 12.1. The molecule has 0 aliphatic carbocycles. The van der Waals surface area contributed by atoms with Crippen molar-refractivity contribution in [2.24, 2.45) is 0 Å². The van der Waals surface area contributed by atoms with Gasteiger partial charge in [0.05, 0.1) is 6.20 Å². The molecule has 0 aliphatic rings. The quantitative estimate of drug-likeness (QED) is 0.807. The van der Waals surface area contributed by atoms with Crippen LogP contribution in [0.1, 0.15) is 6.92 Å². The van der Waals surface area contributed by atoms with Crippen molar-refractivity contribution in [2.45, 2.75) is 6.92 Å². The lowest BCUT2D eigenvalue weighted by molar-refractivity contribution is 0.240. The summed E-state index contributed by atoms with van der Waals surface area (Å²) < 4.78 is 2.82. The first-order valence-corrected chi connectivity index (χ1v) is 7.30. The van der Waals surface area contributed by atoms with Crippen molar-refractivity contribution in [2.75, 3.05) is 6.54 Å². The van der Waals surface area contributed by atoms with E-state index < -0.39 is 0 Å². The normalized spacial score (nSPS) is 10.5. The zero-order valence-corrected chi connectivity index (χ0v) is 12.6. The van der Waals surface area contributed by atoms with Crippen LogP contribution in [0, 0.1) is 0 Å². The highest BCUT2D eigenvalue weighted by Crippen LogP contribution is 2.18. The van der Waals surface area contributed by atoms with Crippen molar-refractivity contribution >= 4 is 6.03 Å². The molecule has 0 saturated carbocycles. The Morgan fingerprint density at radius 3 is 2.61 bits per heavy atom. The van der Waals surface area contributed by atoms with Gasteiger partial charge in [-0.3, -0.25) is 9.36 Å². The average Bonchev–Trinajstić information content (AvgIpc) is 3.06. The molecule has 3 aromatic rings. The van der Waals surface area contributed by atoms with Gasteiger partial charge in [0.25, 0.3) is 5.56 Å². The summed E-state index contributed by atoms with van der Waals surface area (Å²) >= 11 is 0. The smallest absolute Gasteiger partial charge is 0.336 e. The Kier molecular flexibility index (Phi) is 4.05. The lowest BCUT2D eigenvalue weighted by Crippen LogP contribution is -2.28. The highest BCUT2D eigenvalue weighted by Gasteiger charge is 2.09. The van der Waals surface area contributed by atoms with Crippen LogP contribution in [-0.4, -0.2) is 26.9 Å². The Labute approximate surface area is 133 Å². The molecule has 0 atom stereocenters. The third-order valence-electron chi connectivity index (χ3n) is 3.40. The summed E-state index contributed by atoms with van der Waals surface area (Å²) in [5.41, 5.74) is 2.25. The van der Waals surface area contributed by atoms with E-state index in [1.165, 1.54) is 10.7 Å². The number of aromatic nitrogens is 3. The summed E-state index contributed by atoms with van der Waals surface area (Å²) in [6.07, 6.45) is 4.99. The number of hydrogen-bond acceptors (Lipinski definition) is 3. The molecule has 0 radical (unpaired) electrons. The molecule has 1 N–H and O–H groups in total. The van der Waals surface area contributed by atoms with Gasteiger partial charge in [-0.25, -0.2) is 4.79 Å². The lowest BCUT2D eigenvalue weighted by Gasteiger charge is -2.07.